The Bertz CT molecular complexity index is 226. The smallest absolute Gasteiger partial charge is 0.147 e. The molecule has 1 aliphatic carbocycles. The van der Waals surface area contributed by atoms with E-state index in [1.165, 1.54) is 0 Å². The fourth-order valence-corrected chi connectivity index (χ4v) is 2.57. The molecule has 2 fully saturated rings. The Morgan fingerprint density at radius 3 is 2.81 bits per heavy atom. The summed E-state index contributed by atoms with van der Waals surface area (Å²) in [6, 6.07) is 0.545. The second kappa shape index (κ2) is 5.00. The molecule has 94 valence electrons. The van der Waals surface area contributed by atoms with Crippen LogP contribution in [0.2, 0.25) is 0 Å². The summed E-state index contributed by atoms with van der Waals surface area (Å²) in [6.07, 6.45) is 2.80. The highest BCUT2D eigenvalue weighted by Gasteiger charge is 2.48. The Kier molecular flexibility index (Phi) is 3.85. The zero-order valence-electron chi connectivity index (χ0n) is 10.5. The Labute approximate surface area is 97.6 Å². The summed E-state index contributed by atoms with van der Waals surface area (Å²) in [4.78, 5) is 0. The van der Waals surface area contributed by atoms with Crippen LogP contribution in [0.1, 0.15) is 26.7 Å². The molecule has 4 heteroatoms. The van der Waals surface area contributed by atoms with Gasteiger partial charge in [-0.25, -0.2) is 0 Å². The maximum absolute atomic E-state index is 5.50. The van der Waals surface area contributed by atoms with Gasteiger partial charge in [-0.2, -0.15) is 0 Å². The lowest BCUT2D eigenvalue weighted by atomic mass is 9.64. The molecule has 0 amide bonds. The van der Waals surface area contributed by atoms with Crippen LogP contribution in [-0.4, -0.2) is 45.3 Å². The average Bonchev–Trinajstić information content (AvgIpc) is 2.29. The molecule has 1 heterocycles. The second-order valence-electron chi connectivity index (χ2n) is 5.35. The van der Waals surface area contributed by atoms with Crippen molar-refractivity contribution in [3.05, 3.63) is 0 Å². The van der Waals surface area contributed by atoms with Crippen molar-refractivity contribution >= 4 is 0 Å². The maximum Gasteiger partial charge on any atom is 0.147 e. The lowest BCUT2D eigenvalue weighted by Gasteiger charge is -2.51. The monoisotopic (exact) mass is 229 g/mol. The van der Waals surface area contributed by atoms with Gasteiger partial charge in [0.25, 0.3) is 0 Å². The summed E-state index contributed by atoms with van der Waals surface area (Å²) >= 11 is 0. The summed E-state index contributed by atoms with van der Waals surface area (Å²) in [5, 5.41) is 3.58. The number of methoxy groups -OCH3 is 1. The van der Waals surface area contributed by atoms with Gasteiger partial charge in [0.15, 0.2) is 0 Å². The third-order valence-corrected chi connectivity index (χ3v) is 4.03. The van der Waals surface area contributed by atoms with Crippen molar-refractivity contribution in [1.82, 2.24) is 5.32 Å². The molecule has 4 nitrogen and oxygen atoms in total. The van der Waals surface area contributed by atoms with Crippen molar-refractivity contribution in [2.45, 2.75) is 44.9 Å². The van der Waals surface area contributed by atoms with Gasteiger partial charge in [0.1, 0.15) is 6.79 Å². The Morgan fingerprint density at radius 1 is 1.44 bits per heavy atom. The molecule has 0 spiro atoms. The van der Waals surface area contributed by atoms with Crippen molar-refractivity contribution in [1.29, 1.82) is 0 Å². The summed E-state index contributed by atoms with van der Waals surface area (Å²) in [7, 11) is 1.80. The van der Waals surface area contributed by atoms with Crippen LogP contribution in [0.5, 0.6) is 0 Å². The highest BCUT2D eigenvalue weighted by molar-refractivity contribution is 5.02. The molecule has 1 N–H and O–H groups in total. The minimum atomic E-state index is 0.236. The lowest BCUT2D eigenvalue weighted by Crippen LogP contribution is -2.61. The molecule has 2 rings (SSSR count). The minimum absolute atomic E-state index is 0.236. The van der Waals surface area contributed by atoms with E-state index >= 15 is 0 Å². The zero-order valence-corrected chi connectivity index (χ0v) is 10.5. The zero-order chi connectivity index (χ0) is 11.6. The van der Waals surface area contributed by atoms with E-state index in [-0.39, 0.29) is 5.41 Å². The van der Waals surface area contributed by atoms with Gasteiger partial charge in [-0.05, 0) is 12.8 Å². The van der Waals surface area contributed by atoms with Crippen LogP contribution in [0.3, 0.4) is 0 Å². The van der Waals surface area contributed by atoms with Gasteiger partial charge in [-0.1, -0.05) is 13.8 Å². The van der Waals surface area contributed by atoms with Crippen LogP contribution in [0.15, 0.2) is 0 Å². The first kappa shape index (κ1) is 12.3. The predicted molar refractivity (Wildman–Crippen MR) is 61.3 cm³/mol. The molecule has 2 aliphatic rings. The molecule has 0 radical (unpaired) electrons. The van der Waals surface area contributed by atoms with Crippen molar-refractivity contribution in [3.8, 4) is 0 Å². The van der Waals surface area contributed by atoms with Crippen molar-refractivity contribution in [2.24, 2.45) is 5.41 Å². The number of nitrogens with one attached hydrogen (secondary N) is 1. The standard InChI is InChI=1S/C12H23NO3/c1-12(2)10(6-11(12)14-3)13-7-9-4-5-15-8-16-9/h9-11,13H,4-8H2,1-3H3. The van der Waals surface area contributed by atoms with Crippen LogP contribution in [0.25, 0.3) is 0 Å². The van der Waals surface area contributed by atoms with Crippen molar-refractivity contribution < 1.29 is 14.2 Å². The maximum atomic E-state index is 5.50. The first-order valence-electron chi connectivity index (χ1n) is 6.10. The third-order valence-electron chi connectivity index (χ3n) is 4.03. The first-order chi connectivity index (χ1) is 7.64. The molecule has 0 bridgehead atoms. The van der Waals surface area contributed by atoms with E-state index in [0.717, 1.165) is 26.0 Å². The molecule has 0 aromatic rings. The normalized spacial score (nSPS) is 38.1. The van der Waals surface area contributed by atoms with E-state index in [2.05, 4.69) is 19.2 Å². The molecule has 0 aromatic carbocycles. The molecule has 3 unspecified atom stereocenters. The fourth-order valence-electron chi connectivity index (χ4n) is 2.57. The summed E-state index contributed by atoms with van der Waals surface area (Å²) in [5.74, 6) is 0. The van der Waals surface area contributed by atoms with Gasteiger partial charge in [0, 0.05) is 25.1 Å². The van der Waals surface area contributed by atoms with Gasteiger partial charge in [-0.15, -0.1) is 0 Å². The first-order valence-corrected chi connectivity index (χ1v) is 6.10. The summed E-state index contributed by atoms with van der Waals surface area (Å²) in [5.41, 5.74) is 0.236. The number of rotatable bonds is 4. The Balaban J connectivity index is 1.71. The van der Waals surface area contributed by atoms with Crippen molar-refractivity contribution in [2.75, 3.05) is 27.1 Å². The van der Waals surface area contributed by atoms with E-state index in [1.807, 2.05) is 0 Å². The third kappa shape index (κ3) is 2.40. The van der Waals surface area contributed by atoms with Crippen LogP contribution >= 0.6 is 0 Å². The average molecular weight is 229 g/mol. The van der Waals surface area contributed by atoms with Crippen LogP contribution in [0, 0.1) is 5.41 Å². The van der Waals surface area contributed by atoms with Crippen LogP contribution < -0.4 is 5.32 Å². The SMILES string of the molecule is COC1CC(NCC2CCOCO2)C1(C)C. The van der Waals surface area contributed by atoms with Gasteiger partial charge in [0.05, 0.1) is 18.8 Å². The quantitative estimate of drug-likeness (QED) is 0.785. The second-order valence-corrected chi connectivity index (χ2v) is 5.35. The summed E-state index contributed by atoms with van der Waals surface area (Å²) < 4.78 is 16.1. The molecular formula is C12H23NO3. The lowest BCUT2D eigenvalue weighted by molar-refractivity contribution is -0.143. The number of hydrogen-bond acceptors (Lipinski definition) is 4. The highest BCUT2D eigenvalue weighted by atomic mass is 16.7. The van der Waals surface area contributed by atoms with Crippen molar-refractivity contribution in [3.63, 3.8) is 0 Å². The predicted octanol–water partition coefficient (Wildman–Crippen LogP) is 1.15. The van der Waals surface area contributed by atoms with E-state index in [0.29, 0.717) is 25.0 Å². The molecular weight excluding hydrogens is 206 g/mol. The van der Waals surface area contributed by atoms with E-state index in [9.17, 15) is 0 Å². The number of hydrogen-bond donors (Lipinski definition) is 1. The fraction of sp³-hybridized carbons (Fsp3) is 1.00. The van der Waals surface area contributed by atoms with Gasteiger partial charge >= 0.3 is 0 Å². The largest absolute Gasteiger partial charge is 0.381 e. The summed E-state index contributed by atoms with van der Waals surface area (Å²) in [6.45, 7) is 6.70. The Morgan fingerprint density at radius 2 is 2.25 bits per heavy atom. The number of ether oxygens (including phenoxy) is 3. The molecule has 1 saturated heterocycles. The van der Waals surface area contributed by atoms with E-state index in [4.69, 9.17) is 14.2 Å². The van der Waals surface area contributed by atoms with E-state index in [1.54, 1.807) is 7.11 Å². The van der Waals surface area contributed by atoms with E-state index < -0.39 is 0 Å². The molecule has 16 heavy (non-hydrogen) atoms. The minimum Gasteiger partial charge on any atom is -0.381 e. The molecule has 1 saturated carbocycles. The van der Waals surface area contributed by atoms with Gasteiger partial charge < -0.3 is 19.5 Å². The van der Waals surface area contributed by atoms with Crippen LogP contribution in [-0.2, 0) is 14.2 Å². The highest BCUT2D eigenvalue weighted by Crippen LogP contribution is 2.42. The van der Waals surface area contributed by atoms with Crippen LogP contribution in [0.4, 0.5) is 0 Å². The molecule has 0 aromatic heterocycles. The van der Waals surface area contributed by atoms with Gasteiger partial charge in [0.2, 0.25) is 0 Å². The molecule has 3 atom stereocenters. The Hall–Kier alpha value is -0.160. The molecule has 1 aliphatic heterocycles. The topological polar surface area (TPSA) is 39.7 Å². The van der Waals surface area contributed by atoms with Gasteiger partial charge in [-0.3, -0.25) is 0 Å².